The summed E-state index contributed by atoms with van der Waals surface area (Å²) in [5, 5.41) is 4.51. The van der Waals surface area contributed by atoms with Gasteiger partial charge in [-0.3, -0.25) is 4.68 Å². The maximum Gasteiger partial charge on any atom is 0.165 e. The molecule has 0 aliphatic rings. The summed E-state index contributed by atoms with van der Waals surface area (Å²) < 4.78 is 35.0. The lowest BCUT2D eigenvalue weighted by atomic mass is 9.98. The van der Waals surface area contributed by atoms with Crippen LogP contribution in [0.15, 0.2) is 36.4 Å². The topological polar surface area (TPSA) is 78.9 Å². The first-order valence-electron chi connectivity index (χ1n) is 9.55. The fourth-order valence-electron chi connectivity index (χ4n) is 3.58. The maximum atomic E-state index is 14.3. The van der Waals surface area contributed by atoms with Crippen LogP contribution >= 0.6 is 0 Å². The Hall–Kier alpha value is -3.55. The number of anilines is 1. The quantitative estimate of drug-likeness (QED) is 0.524. The number of benzene rings is 2. The van der Waals surface area contributed by atoms with Crippen LogP contribution in [0.4, 0.5) is 14.6 Å². The summed E-state index contributed by atoms with van der Waals surface area (Å²) in [7, 11) is 3.18. The SMILES string of the molecule is CCCc1nn(C)c2c(N)nc(-c3ccc(F)cc3-c3ccc(OC)c(F)c3)nc12. The lowest BCUT2D eigenvalue weighted by Gasteiger charge is -2.12. The van der Waals surface area contributed by atoms with E-state index in [1.807, 2.05) is 0 Å². The third kappa shape index (κ3) is 3.34. The number of aryl methyl sites for hydroxylation is 2. The van der Waals surface area contributed by atoms with E-state index >= 15 is 0 Å². The molecule has 0 aliphatic carbocycles. The highest BCUT2D eigenvalue weighted by atomic mass is 19.1. The Morgan fingerprint density at radius 1 is 1.07 bits per heavy atom. The standard InChI is InChI=1S/C22H21F2N5O/c1-4-5-17-19-20(29(2)28-17)21(25)27-22(26-19)14-8-7-13(23)11-15(14)12-6-9-18(30-3)16(24)10-12/h6-11H,4-5H2,1-3H3,(H2,25,26,27). The van der Waals surface area contributed by atoms with Crippen LogP contribution in [0.25, 0.3) is 33.5 Å². The monoisotopic (exact) mass is 409 g/mol. The molecule has 2 aromatic carbocycles. The minimum absolute atomic E-state index is 0.109. The Morgan fingerprint density at radius 2 is 1.87 bits per heavy atom. The third-order valence-corrected chi connectivity index (χ3v) is 4.95. The first-order chi connectivity index (χ1) is 14.4. The average molecular weight is 409 g/mol. The number of ether oxygens (including phenoxy) is 1. The Labute approximate surface area is 172 Å². The molecule has 0 amide bonds. The second kappa shape index (κ2) is 7.70. The van der Waals surface area contributed by atoms with Crippen molar-refractivity contribution in [2.45, 2.75) is 19.8 Å². The van der Waals surface area contributed by atoms with Gasteiger partial charge in [0, 0.05) is 12.6 Å². The molecule has 0 saturated heterocycles. The molecule has 4 rings (SSSR count). The van der Waals surface area contributed by atoms with Crippen LogP contribution in [-0.2, 0) is 13.5 Å². The van der Waals surface area contributed by atoms with E-state index in [4.69, 9.17) is 15.5 Å². The van der Waals surface area contributed by atoms with Crippen molar-refractivity contribution in [1.82, 2.24) is 19.7 Å². The summed E-state index contributed by atoms with van der Waals surface area (Å²) in [5.74, 6) is -0.274. The smallest absolute Gasteiger partial charge is 0.165 e. The summed E-state index contributed by atoms with van der Waals surface area (Å²) >= 11 is 0. The van der Waals surface area contributed by atoms with Crippen molar-refractivity contribution in [2.24, 2.45) is 7.05 Å². The van der Waals surface area contributed by atoms with Crippen LogP contribution in [0.3, 0.4) is 0 Å². The molecule has 8 heteroatoms. The summed E-state index contributed by atoms with van der Waals surface area (Å²) in [6, 6.07) is 8.68. The molecule has 0 fully saturated rings. The van der Waals surface area contributed by atoms with Gasteiger partial charge in [-0.25, -0.2) is 18.7 Å². The number of fused-ring (bicyclic) bond motifs is 1. The van der Waals surface area contributed by atoms with Crippen LogP contribution in [0.1, 0.15) is 19.0 Å². The average Bonchev–Trinajstić information content (AvgIpc) is 3.04. The number of aromatic nitrogens is 4. The van der Waals surface area contributed by atoms with Crippen LogP contribution in [0.2, 0.25) is 0 Å². The van der Waals surface area contributed by atoms with Crippen molar-refractivity contribution in [3.05, 3.63) is 53.7 Å². The Bertz CT molecular complexity index is 1250. The van der Waals surface area contributed by atoms with E-state index in [1.54, 1.807) is 23.9 Å². The molecule has 0 atom stereocenters. The van der Waals surface area contributed by atoms with Gasteiger partial charge in [0.15, 0.2) is 23.2 Å². The van der Waals surface area contributed by atoms with Crippen molar-refractivity contribution in [3.8, 4) is 28.3 Å². The Morgan fingerprint density at radius 3 is 2.57 bits per heavy atom. The number of hydrogen-bond acceptors (Lipinski definition) is 5. The number of nitrogen functional groups attached to an aromatic ring is 1. The van der Waals surface area contributed by atoms with Gasteiger partial charge >= 0.3 is 0 Å². The third-order valence-electron chi connectivity index (χ3n) is 4.95. The van der Waals surface area contributed by atoms with E-state index in [0.29, 0.717) is 33.5 Å². The van der Waals surface area contributed by atoms with Gasteiger partial charge in [0.1, 0.15) is 16.9 Å². The lowest BCUT2D eigenvalue weighted by Crippen LogP contribution is -2.01. The molecule has 0 aliphatic heterocycles. The van der Waals surface area contributed by atoms with Gasteiger partial charge in [-0.1, -0.05) is 19.4 Å². The second-order valence-corrected chi connectivity index (χ2v) is 6.99. The van der Waals surface area contributed by atoms with E-state index in [2.05, 4.69) is 17.0 Å². The van der Waals surface area contributed by atoms with Gasteiger partial charge in [0.05, 0.1) is 12.8 Å². The molecule has 0 radical (unpaired) electrons. The van der Waals surface area contributed by atoms with Gasteiger partial charge < -0.3 is 10.5 Å². The fourth-order valence-corrected chi connectivity index (χ4v) is 3.58. The zero-order chi connectivity index (χ0) is 21.4. The largest absolute Gasteiger partial charge is 0.494 e. The molecule has 0 spiro atoms. The number of nitrogens with two attached hydrogens (primary N) is 1. The molecule has 154 valence electrons. The number of methoxy groups -OCH3 is 1. The molecule has 0 bridgehead atoms. The van der Waals surface area contributed by atoms with E-state index < -0.39 is 11.6 Å². The predicted molar refractivity (Wildman–Crippen MR) is 112 cm³/mol. The summed E-state index contributed by atoms with van der Waals surface area (Å²) in [5.41, 5.74) is 9.84. The van der Waals surface area contributed by atoms with E-state index in [1.165, 1.54) is 31.4 Å². The number of hydrogen-bond donors (Lipinski definition) is 1. The minimum Gasteiger partial charge on any atom is -0.494 e. The summed E-state index contributed by atoms with van der Waals surface area (Å²) in [4.78, 5) is 9.15. The van der Waals surface area contributed by atoms with Gasteiger partial charge in [0.25, 0.3) is 0 Å². The van der Waals surface area contributed by atoms with Crippen molar-refractivity contribution < 1.29 is 13.5 Å². The van der Waals surface area contributed by atoms with Gasteiger partial charge in [-0.2, -0.15) is 5.10 Å². The zero-order valence-electron chi connectivity index (χ0n) is 16.9. The molecule has 2 heterocycles. The molecule has 0 saturated carbocycles. The molecule has 0 unspecified atom stereocenters. The highest BCUT2D eigenvalue weighted by Crippen LogP contribution is 2.35. The number of nitrogens with zero attached hydrogens (tertiary/aromatic N) is 4. The molecule has 6 nitrogen and oxygen atoms in total. The van der Waals surface area contributed by atoms with Gasteiger partial charge in [0.2, 0.25) is 0 Å². The van der Waals surface area contributed by atoms with Crippen molar-refractivity contribution in [2.75, 3.05) is 12.8 Å². The molecule has 4 aromatic rings. The predicted octanol–water partition coefficient (Wildman–Crippen LogP) is 4.52. The first-order valence-corrected chi connectivity index (χ1v) is 9.55. The summed E-state index contributed by atoms with van der Waals surface area (Å²) in [6.07, 6.45) is 1.64. The number of halogens is 2. The Balaban J connectivity index is 1.94. The molecular formula is C22H21F2N5O. The van der Waals surface area contributed by atoms with Crippen LogP contribution in [-0.4, -0.2) is 26.9 Å². The Kier molecular flexibility index (Phi) is 5.07. The minimum atomic E-state index is -0.543. The van der Waals surface area contributed by atoms with Crippen molar-refractivity contribution >= 4 is 16.9 Å². The normalized spacial score (nSPS) is 11.2. The van der Waals surface area contributed by atoms with Crippen LogP contribution in [0, 0.1) is 11.6 Å². The van der Waals surface area contributed by atoms with Gasteiger partial charge in [-0.15, -0.1) is 0 Å². The molecular weight excluding hydrogens is 388 g/mol. The lowest BCUT2D eigenvalue weighted by molar-refractivity contribution is 0.386. The highest BCUT2D eigenvalue weighted by molar-refractivity contribution is 5.90. The van der Waals surface area contributed by atoms with E-state index in [9.17, 15) is 8.78 Å². The number of rotatable bonds is 5. The molecule has 30 heavy (non-hydrogen) atoms. The highest BCUT2D eigenvalue weighted by Gasteiger charge is 2.19. The van der Waals surface area contributed by atoms with E-state index in [0.717, 1.165) is 18.5 Å². The van der Waals surface area contributed by atoms with Crippen LogP contribution < -0.4 is 10.5 Å². The zero-order valence-corrected chi connectivity index (χ0v) is 16.9. The first kappa shape index (κ1) is 19.8. The molecule has 2 aromatic heterocycles. The van der Waals surface area contributed by atoms with Crippen molar-refractivity contribution in [1.29, 1.82) is 0 Å². The fraction of sp³-hybridized carbons (Fsp3) is 0.227. The van der Waals surface area contributed by atoms with Crippen LogP contribution in [0.5, 0.6) is 5.75 Å². The molecule has 2 N–H and O–H groups in total. The maximum absolute atomic E-state index is 14.3. The van der Waals surface area contributed by atoms with Gasteiger partial charge in [-0.05, 0) is 47.9 Å². The van der Waals surface area contributed by atoms with Crippen molar-refractivity contribution in [3.63, 3.8) is 0 Å². The second-order valence-electron chi connectivity index (χ2n) is 6.99. The summed E-state index contributed by atoms with van der Waals surface area (Å²) in [6.45, 7) is 2.06. The van der Waals surface area contributed by atoms with E-state index in [-0.39, 0.29) is 11.6 Å².